The van der Waals surface area contributed by atoms with Gasteiger partial charge in [0.25, 0.3) is 0 Å². The van der Waals surface area contributed by atoms with Crippen LogP contribution in [0.25, 0.3) is 0 Å². The number of benzene rings is 2. The van der Waals surface area contributed by atoms with Gasteiger partial charge < -0.3 is 42.2 Å². The Bertz CT molecular complexity index is 1210. The quantitative estimate of drug-likeness (QED) is 0.0647. The van der Waals surface area contributed by atoms with Crippen LogP contribution in [0.2, 0.25) is 0 Å². The van der Waals surface area contributed by atoms with E-state index in [1.54, 1.807) is 48.5 Å². The first-order valence-electron chi connectivity index (χ1n) is 13.2. The van der Waals surface area contributed by atoms with Gasteiger partial charge in [-0.1, -0.05) is 60.7 Å². The average Bonchev–Trinajstić information content (AvgIpc) is 2.99. The maximum atomic E-state index is 13.2. The van der Waals surface area contributed by atoms with Gasteiger partial charge in [0.15, 0.2) is 5.96 Å². The zero-order valence-corrected chi connectivity index (χ0v) is 23.3. The number of aliphatic imine (C=N–C) groups is 1. The molecule has 2 atom stereocenters. The molecular weight excluding hydrogens is 546 g/mol. The van der Waals surface area contributed by atoms with Crippen molar-refractivity contribution >= 4 is 35.7 Å². The monoisotopic (exact) mass is 583 g/mol. The Labute approximate surface area is 243 Å². The highest BCUT2D eigenvalue weighted by atomic mass is 16.5. The highest BCUT2D eigenvalue weighted by Gasteiger charge is 2.27. The molecule has 0 aromatic heterocycles. The highest BCUT2D eigenvalue weighted by Crippen LogP contribution is 2.06. The van der Waals surface area contributed by atoms with E-state index in [-0.39, 0.29) is 32.0 Å². The zero-order valence-electron chi connectivity index (χ0n) is 23.3. The molecule has 0 saturated heterocycles. The third kappa shape index (κ3) is 13.3. The molecule has 14 nitrogen and oxygen atoms in total. The molecule has 2 rings (SSSR count). The second-order valence-corrected chi connectivity index (χ2v) is 9.03. The van der Waals surface area contributed by atoms with E-state index < -0.39 is 55.0 Å². The SMILES string of the molecule is COC(=O)[C@H](CCCN=C(N)N)NC(=O)[C@H](Cc1ccccc1)NC(=O)CNC(=O)CNC(=O)OCc1ccccc1. The lowest BCUT2D eigenvalue weighted by Gasteiger charge is -2.22. The molecule has 2 aromatic rings. The predicted molar refractivity (Wildman–Crippen MR) is 154 cm³/mol. The molecule has 14 heteroatoms. The molecule has 0 fully saturated rings. The van der Waals surface area contributed by atoms with Crippen LogP contribution >= 0.6 is 0 Å². The lowest BCUT2D eigenvalue weighted by Crippen LogP contribution is -2.54. The first kappa shape index (κ1) is 33.1. The molecule has 0 radical (unpaired) electrons. The van der Waals surface area contributed by atoms with E-state index in [4.69, 9.17) is 20.9 Å². The van der Waals surface area contributed by atoms with E-state index in [1.807, 2.05) is 12.1 Å². The number of methoxy groups -OCH3 is 1. The van der Waals surface area contributed by atoms with E-state index in [2.05, 4.69) is 26.3 Å². The second kappa shape index (κ2) is 18.3. The number of nitrogens with zero attached hydrogens (tertiary/aromatic N) is 1. The number of amides is 4. The van der Waals surface area contributed by atoms with Crippen LogP contribution < -0.4 is 32.7 Å². The summed E-state index contributed by atoms with van der Waals surface area (Å²) in [7, 11) is 1.20. The zero-order chi connectivity index (χ0) is 30.7. The summed E-state index contributed by atoms with van der Waals surface area (Å²) in [6, 6.07) is 15.9. The Hall–Kier alpha value is -5.14. The fourth-order valence-electron chi connectivity index (χ4n) is 3.64. The van der Waals surface area contributed by atoms with E-state index in [0.717, 1.165) is 11.1 Å². The van der Waals surface area contributed by atoms with Gasteiger partial charge in [-0.3, -0.25) is 19.4 Å². The number of rotatable bonds is 16. The van der Waals surface area contributed by atoms with E-state index in [1.165, 1.54) is 7.11 Å². The number of guanidine groups is 1. The Morgan fingerprint density at radius 1 is 0.810 bits per heavy atom. The molecule has 0 aliphatic heterocycles. The molecule has 0 unspecified atom stereocenters. The molecule has 4 amide bonds. The van der Waals surface area contributed by atoms with Gasteiger partial charge in [-0.05, 0) is 24.0 Å². The number of alkyl carbamates (subject to hydrolysis) is 1. The summed E-state index contributed by atoms with van der Waals surface area (Å²) in [6.07, 6.45) is -0.106. The van der Waals surface area contributed by atoms with Crippen LogP contribution in [0.4, 0.5) is 4.79 Å². The highest BCUT2D eigenvalue weighted by molar-refractivity contribution is 5.92. The normalized spacial score (nSPS) is 11.6. The van der Waals surface area contributed by atoms with Crippen LogP contribution in [0.15, 0.2) is 65.7 Å². The van der Waals surface area contributed by atoms with Gasteiger partial charge in [-0.25, -0.2) is 9.59 Å². The van der Waals surface area contributed by atoms with E-state index in [0.29, 0.717) is 6.42 Å². The van der Waals surface area contributed by atoms with Crippen molar-refractivity contribution in [3.63, 3.8) is 0 Å². The van der Waals surface area contributed by atoms with Gasteiger partial charge in [-0.2, -0.15) is 0 Å². The number of nitrogens with one attached hydrogen (secondary N) is 4. The smallest absolute Gasteiger partial charge is 0.407 e. The molecular formula is C28H37N7O7. The second-order valence-electron chi connectivity index (χ2n) is 9.03. The summed E-state index contributed by atoms with van der Waals surface area (Å²) in [4.78, 5) is 66.0. The van der Waals surface area contributed by atoms with Crippen LogP contribution in [-0.4, -0.2) is 74.6 Å². The number of hydrogen-bond acceptors (Lipinski definition) is 8. The van der Waals surface area contributed by atoms with Crippen LogP contribution in [0.3, 0.4) is 0 Å². The molecule has 42 heavy (non-hydrogen) atoms. The Balaban J connectivity index is 1.90. The third-order valence-electron chi connectivity index (χ3n) is 5.73. The Kier molecular flexibility index (Phi) is 14.4. The number of carbonyl (C=O) groups excluding carboxylic acids is 5. The summed E-state index contributed by atoms with van der Waals surface area (Å²) in [5.74, 6) is -2.69. The van der Waals surface area contributed by atoms with E-state index >= 15 is 0 Å². The standard InChI is InChI=1S/C28H37N7O7/c1-41-26(39)21(13-8-14-31-27(29)30)35-25(38)22(15-19-9-4-2-5-10-19)34-24(37)17-32-23(36)16-33-28(40)42-18-20-11-6-3-7-12-20/h2-7,9-12,21-22H,8,13-18H2,1H3,(H,32,36)(H,33,40)(H,34,37)(H,35,38)(H4,29,30,31)/t21-,22-/m0/s1. The molecule has 0 aliphatic rings. The largest absolute Gasteiger partial charge is 0.467 e. The maximum Gasteiger partial charge on any atom is 0.407 e. The lowest BCUT2D eigenvalue weighted by molar-refractivity contribution is -0.145. The molecule has 8 N–H and O–H groups in total. The fraction of sp³-hybridized carbons (Fsp3) is 0.357. The van der Waals surface area contributed by atoms with Gasteiger partial charge in [0.2, 0.25) is 17.7 Å². The maximum absolute atomic E-state index is 13.2. The number of ether oxygens (including phenoxy) is 2. The van der Waals surface area contributed by atoms with E-state index in [9.17, 15) is 24.0 Å². The Morgan fingerprint density at radius 2 is 1.43 bits per heavy atom. The van der Waals surface area contributed by atoms with Crippen LogP contribution in [0.1, 0.15) is 24.0 Å². The van der Waals surface area contributed by atoms with Crippen molar-refractivity contribution in [1.29, 1.82) is 0 Å². The van der Waals surface area contributed by atoms with Crippen molar-refractivity contribution in [3.8, 4) is 0 Å². The van der Waals surface area contributed by atoms with Gasteiger partial charge >= 0.3 is 12.1 Å². The third-order valence-corrected chi connectivity index (χ3v) is 5.73. The van der Waals surface area contributed by atoms with Crippen LogP contribution in [-0.2, 0) is 41.7 Å². The molecule has 0 saturated carbocycles. The van der Waals surface area contributed by atoms with Crippen molar-refractivity contribution in [2.24, 2.45) is 16.5 Å². The Morgan fingerprint density at radius 3 is 2.05 bits per heavy atom. The summed E-state index contributed by atoms with van der Waals surface area (Å²) in [5.41, 5.74) is 12.2. The first-order chi connectivity index (χ1) is 20.2. The first-order valence-corrected chi connectivity index (χ1v) is 13.2. The number of hydrogen-bond donors (Lipinski definition) is 6. The molecule has 2 aromatic carbocycles. The topological polar surface area (TPSA) is 216 Å². The molecule has 0 heterocycles. The van der Waals surface area contributed by atoms with Crippen molar-refractivity contribution in [3.05, 3.63) is 71.8 Å². The predicted octanol–water partition coefficient (Wildman–Crippen LogP) is -0.532. The van der Waals surface area contributed by atoms with Gasteiger partial charge in [-0.15, -0.1) is 0 Å². The number of nitrogens with two attached hydrogens (primary N) is 2. The summed E-state index contributed by atoms with van der Waals surface area (Å²) in [5, 5.41) is 9.87. The van der Waals surface area contributed by atoms with Crippen LogP contribution in [0.5, 0.6) is 0 Å². The summed E-state index contributed by atoms with van der Waals surface area (Å²) < 4.78 is 9.83. The van der Waals surface area contributed by atoms with Crippen molar-refractivity contribution < 1.29 is 33.4 Å². The fourth-order valence-corrected chi connectivity index (χ4v) is 3.64. The summed E-state index contributed by atoms with van der Waals surface area (Å²) in [6.45, 7) is -0.601. The molecule has 0 spiro atoms. The minimum atomic E-state index is -1.08. The van der Waals surface area contributed by atoms with Crippen LogP contribution in [0, 0.1) is 0 Å². The average molecular weight is 584 g/mol. The molecule has 0 bridgehead atoms. The number of esters is 1. The number of carbonyl (C=O) groups is 5. The minimum Gasteiger partial charge on any atom is -0.467 e. The van der Waals surface area contributed by atoms with Crippen molar-refractivity contribution in [2.75, 3.05) is 26.7 Å². The van der Waals surface area contributed by atoms with Gasteiger partial charge in [0.1, 0.15) is 25.2 Å². The minimum absolute atomic E-state index is 0.0364. The molecule has 0 aliphatic carbocycles. The summed E-state index contributed by atoms with van der Waals surface area (Å²) >= 11 is 0. The van der Waals surface area contributed by atoms with Crippen molar-refractivity contribution in [2.45, 2.75) is 38.0 Å². The van der Waals surface area contributed by atoms with Gasteiger partial charge in [0, 0.05) is 13.0 Å². The van der Waals surface area contributed by atoms with Gasteiger partial charge in [0.05, 0.1) is 13.7 Å². The molecule has 226 valence electrons. The van der Waals surface area contributed by atoms with Crippen molar-refractivity contribution in [1.82, 2.24) is 21.3 Å². The lowest BCUT2D eigenvalue weighted by atomic mass is 10.0.